The largest absolute Gasteiger partial charge is 0.379 e. The van der Waals surface area contributed by atoms with E-state index >= 15 is 0 Å². The van der Waals surface area contributed by atoms with Gasteiger partial charge in [-0.1, -0.05) is 38.1 Å². The molecule has 5 nitrogen and oxygen atoms in total. The second-order valence-electron chi connectivity index (χ2n) is 8.44. The number of nitrogens with zero attached hydrogens (tertiary/aromatic N) is 1. The van der Waals surface area contributed by atoms with Crippen LogP contribution in [0.2, 0.25) is 0 Å². The van der Waals surface area contributed by atoms with Crippen LogP contribution in [0, 0.1) is 5.92 Å². The highest BCUT2D eigenvalue weighted by Crippen LogP contribution is 2.44. The maximum Gasteiger partial charge on any atom is 0.254 e. The first-order valence-electron chi connectivity index (χ1n) is 10.7. The lowest BCUT2D eigenvalue weighted by Gasteiger charge is -2.42. The quantitative estimate of drug-likeness (QED) is 0.593. The summed E-state index contributed by atoms with van der Waals surface area (Å²) >= 11 is 1.60. The van der Waals surface area contributed by atoms with E-state index in [1.165, 1.54) is 0 Å². The van der Waals surface area contributed by atoms with Gasteiger partial charge in [0.15, 0.2) is 0 Å². The molecule has 2 aromatic rings. The fourth-order valence-electron chi connectivity index (χ4n) is 3.96. The zero-order valence-corrected chi connectivity index (χ0v) is 19.1. The Morgan fingerprint density at radius 3 is 2.60 bits per heavy atom. The zero-order chi connectivity index (χ0) is 21.7. The third kappa shape index (κ3) is 5.10. The molecule has 30 heavy (non-hydrogen) atoms. The number of ether oxygens (including phenoxy) is 1. The second-order valence-corrected chi connectivity index (χ2v) is 9.42. The molecule has 1 aromatic heterocycles. The van der Waals surface area contributed by atoms with Gasteiger partial charge in [-0.15, -0.1) is 11.3 Å². The molecule has 1 aromatic carbocycles. The number of rotatable bonds is 9. The van der Waals surface area contributed by atoms with Crippen LogP contribution in [0.15, 0.2) is 41.8 Å². The standard InChI is InChI=1S/C24H32N2O3S/c1-16(2)15-26-22(20-11-7-14-30-20)21(18-9-5-6-10-19(18)24(26)28)23(27)25-12-8-13-29-17(3)4/h5-7,9-11,14,16-17,21-22H,8,12-13,15H2,1-4H3,(H,25,27)/t21-,22-/m1/s1. The van der Waals surface area contributed by atoms with E-state index in [0.29, 0.717) is 31.2 Å². The summed E-state index contributed by atoms with van der Waals surface area (Å²) < 4.78 is 5.58. The molecule has 1 aliphatic rings. The van der Waals surface area contributed by atoms with Gasteiger partial charge in [0.2, 0.25) is 5.91 Å². The van der Waals surface area contributed by atoms with E-state index < -0.39 is 5.92 Å². The van der Waals surface area contributed by atoms with E-state index in [-0.39, 0.29) is 24.0 Å². The van der Waals surface area contributed by atoms with Crippen LogP contribution in [0.5, 0.6) is 0 Å². The lowest BCUT2D eigenvalue weighted by molar-refractivity contribution is -0.124. The Morgan fingerprint density at radius 1 is 1.17 bits per heavy atom. The minimum Gasteiger partial charge on any atom is -0.379 e. The van der Waals surface area contributed by atoms with Gasteiger partial charge in [-0.3, -0.25) is 9.59 Å². The van der Waals surface area contributed by atoms with Crippen molar-refractivity contribution in [3.8, 4) is 0 Å². The lowest BCUT2D eigenvalue weighted by Crippen LogP contribution is -2.48. The topological polar surface area (TPSA) is 58.6 Å². The number of carbonyl (C=O) groups excluding carboxylic acids is 2. The Hall–Kier alpha value is -2.18. The molecule has 0 bridgehead atoms. The predicted molar refractivity (Wildman–Crippen MR) is 121 cm³/mol. The lowest BCUT2D eigenvalue weighted by atomic mass is 9.81. The van der Waals surface area contributed by atoms with Crippen LogP contribution in [0.4, 0.5) is 0 Å². The number of nitrogens with one attached hydrogen (secondary N) is 1. The van der Waals surface area contributed by atoms with Crippen molar-refractivity contribution >= 4 is 23.2 Å². The third-order valence-electron chi connectivity index (χ3n) is 5.19. The van der Waals surface area contributed by atoms with Crippen molar-refractivity contribution in [1.29, 1.82) is 0 Å². The number of benzene rings is 1. The Morgan fingerprint density at radius 2 is 1.93 bits per heavy atom. The average Bonchev–Trinajstić information content (AvgIpc) is 3.23. The van der Waals surface area contributed by atoms with Crippen LogP contribution in [-0.4, -0.2) is 42.5 Å². The van der Waals surface area contributed by atoms with Crippen LogP contribution < -0.4 is 5.32 Å². The van der Waals surface area contributed by atoms with E-state index in [4.69, 9.17) is 4.74 Å². The summed E-state index contributed by atoms with van der Waals surface area (Å²) in [5, 5.41) is 5.10. The Bertz CT molecular complexity index is 848. The molecule has 0 aliphatic carbocycles. The third-order valence-corrected chi connectivity index (χ3v) is 6.13. The number of hydrogen-bond donors (Lipinski definition) is 1. The van der Waals surface area contributed by atoms with Crippen molar-refractivity contribution in [1.82, 2.24) is 10.2 Å². The van der Waals surface area contributed by atoms with Crippen molar-refractivity contribution < 1.29 is 14.3 Å². The number of carbonyl (C=O) groups is 2. The Kier molecular flexibility index (Phi) is 7.67. The molecular formula is C24H32N2O3S. The molecule has 0 radical (unpaired) electrons. The highest BCUT2D eigenvalue weighted by Gasteiger charge is 2.44. The summed E-state index contributed by atoms with van der Waals surface area (Å²) in [6.45, 7) is 9.99. The number of hydrogen-bond acceptors (Lipinski definition) is 4. The van der Waals surface area contributed by atoms with Crippen molar-refractivity contribution in [2.45, 2.75) is 52.2 Å². The van der Waals surface area contributed by atoms with Gasteiger partial charge in [-0.05, 0) is 49.3 Å². The van der Waals surface area contributed by atoms with Gasteiger partial charge in [0.1, 0.15) is 0 Å². The SMILES string of the molecule is CC(C)CN1C(=O)c2ccccc2[C@@H](C(=O)NCCCOC(C)C)[C@H]1c1cccs1. The molecule has 2 heterocycles. The van der Waals surface area contributed by atoms with Crippen molar-refractivity contribution in [3.05, 3.63) is 57.8 Å². The molecular weight excluding hydrogens is 396 g/mol. The van der Waals surface area contributed by atoms with Crippen molar-refractivity contribution in [3.63, 3.8) is 0 Å². The molecule has 0 saturated carbocycles. The van der Waals surface area contributed by atoms with E-state index in [0.717, 1.165) is 16.9 Å². The molecule has 0 saturated heterocycles. The van der Waals surface area contributed by atoms with E-state index in [2.05, 4.69) is 19.2 Å². The number of amides is 2. The fourth-order valence-corrected chi connectivity index (χ4v) is 4.83. The Balaban J connectivity index is 1.91. The number of thiophene rings is 1. The summed E-state index contributed by atoms with van der Waals surface area (Å²) in [4.78, 5) is 29.7. The highest BCUT2D eigenvalue weighted by atomic mass is 32.1. The molecule has 1 N–H and O–H groups in total. The second kappa shape index (κ2) is 10.2. The first kappa shape index (κ1) is 22.5. The van der Waals surface area contributed by atoms with Crippen LogP contribution in [0.3, 0.4) is 0 Å². The summed E-state index contributed by atoms with van der Waals surface area (Å²) in [5.41, 5.74) is 1.45. The van der Waals surface area contributed by atoms with Crippen molar-refractivity contribution in [2.75, 3.05) is 19.7 Å². The first-order valence-corrected chi connectivity index (χ1v) is 11.6. The molecule has 0 spiro atoms. The van der Waals surface area contributed by atoms with Gasteiger partial charge in [-0.25, -0.2) is 0 Å². The van der Waals surface area contributed by atoms with Crippen LogP contribution in [0.1, 0.15) is 66.9 Å². The molecule has 2 atom stereocenters. The fraction of sp³-hybridized carbons (Fsp3) is 0.500. The zero-order valence-electron chi connectivity index (χ0n) is 18.3. The first-order chi connectivity index (χ1) is 14.4. The summed E-state index contributed by atoms with van der Waals surface area (Å²) in [6.07, 6.45) is 0.945. The van der Waals surface area contributed by atoms with Gasteiger partial charge in [0.05, 0.1) is 18.1 Å². The number of fused-ring (bicyclic) bond motifs is 1. The van der Waals surface area contributed by atoms with Crippen LogP contribution in [-0.2, 0) is 9.53 Å². The Labute approximate surface area is 183 Å². The van der Waals surface area contributed by atoms with Crippen LogP contribution in [0.25, 0.3) is 0 Å². The van der Waals surface area contributed by atoms with Gasteiger partial charge in [0.25, 0.3) is 5.91 Å². The molecule has 0 fully saturated rings. The van der Waals surface area contributed by atoms with Crippen molar-refractivity contribution in [2.24, 2.45) is 5.92 Å². The van der Waals surface area contributed by atoms with E-state index in [9.17, 15) is 9.59 Å². The predicted octanol–water partition coefficient (Wildman–Crippen LogP) is 4.62. The van der Waals surface area contributed by atoms with E-state index in [1.54, 1.807) is 11.3 Å². The minimum absolute atomic E-state index is 0.00656. The monoisotopic (exact) mass is 428 g/mol. The van der Waals surface area contributed by atoms with Gasteiger partial charge in [0, 0.05) is 30.1 Å². The summed E-state index contributed by atoms with van der Waals surface area (Å²) in [7, 11) is 0. The van der Waals surface area contributed by atoms with Gasteiger partial charge < -0.3 is 15.0 Å². The molecule has 1 aliphatic heterocycles. The maximum atomic E-state index is 13.4. The minimum atomic E-state index is -0.428. The molecule has 3 rings (SSSR count). The van der Waals surface area contributed by atoms with Gasteiger partial charge >= 0.3 is 0 Å². The van der Waals surface area contributed by atoms with Crippen LogP contribution >= 0.6 is 11.3 Å². The highest BCUT2D eigenvalue weighted by molar-refractivity contribution is 7.10. The molecule has 2 amide bonds. The average molecular weight is 429 g/mol. The van der Waals surface area contributed by atoms with Gasteiger partial charge in [-0.2, -0.15) is 0 Å². The maximum absolute atomic E-state index is 13.4. The molecule has 162 valence electrons. The molecule has 6 heteroatoms. The van der Waals surface area contributed by atoms with E-state index in [1.807, 2.05) is 60.5 Å². The summed E-state index contributed by atoms with van der Waals surface area (Å²) in [5.74, 6) is -0.153. The molecule has 0 unspecified atom stereocenters. The summed E-state index contributed by atoms with van der Waals surface area (Å²) in [6, 6.07) is 11.3. The normalized spacial score (nSPS) is 18.7. The smallest absolute Gasteiger partial charge is 0.254 e.